The zero-order chi connectivity index (χ0) is 8.43. The normalized spacial score (nSPS) is 13.0. The third-order valence-corrected chi connectivity index (χ3v) is 1.39. The van der Waals surface area contributed by atoms with Crippen LogP contribution in [0.1, 0.15) is 23.0 Å². The highest BCUT2D eigenvalue weighted by Gasteiger charge is 2.17. The summed E-state index contributed by atoms with van der Waals surface area (Å²) < 4.78 is 4.71. The van der Waals surface area contributed by atoms with Crippen molar-refractivity contribution in [2.45, 2.75) is 19.9 Å². The lowest BCUT2D eigenvalue weighted by molar-refractivity contribution is 0.0931. The van der Waals surface area contributed by atoms with Gasteiger partial charge >= 0.3 is 0 Å². The van der Waals surface area contributed by atoms with Crippen molar-refractivity contribution in [3.8, 4) is 0 Å². The van der Waals surface area contributed by atoms with Gasteiger partial charge < -0.3 is 10.3 Å². The molecular weight excluding hydrogens is 144 g/mol. The average Bonchev–Trinajstić information content (AvgIpc) is 2.33. The summed E-state index contributed by atoms with van der Waals surface area (Å²) in [6, 6.07) is -0.526. The Morgan fingerprint density at radius 1 is 1.82 bits per heavy atom. The van der Waals surface area contributed by atoms with Crippen LogP contribution in [0.15, 0.2) is 10.7 Å². The second-order valence-electron chi connectivity index (χ2n) is 2.49. The highest BCUT2D eigenvalue weighted by atomic mass is 16.5. The Labute approximate surface area is 64.4 Å². The van der Waals surface area contributed by atoms with Gasteiger partial charge in [0, 0.05) is 5.56 Å². The van der Waals surface area contributed by atoms with E-state index in [1.807, 2.05) is 0 Å². The Morgan fingerprint density at radius 3 is 2.82 bits per heavy atom. The van der Waals surface area contributed by atoms with E-state index in [1.165, 1.54) is 6.20 Å². The topological polar surface area (TPSA) is 69.1 Å². The van der Waals surface area contributed by atoms with Crippen molar-refractivity contribution in [1.82, 2.24) is 5.16 Å². The fourth-order valence-electron chi connectivity index (χ4n) is 0.735. The lowest BCUT2D eigenvalue weighted by Crippen LogP contribution is -2.26. The van der Waals surface area contributed by atoms with Gasteiger partial charge in [0.05, 0.1) is 12.2 Å². The van der Waals surface area contributed by atoms with Gasteiger partial charge in [-0.25, -0.2) is 0 Å². The molecule has 60 valence electrons. The average molecular weight is 154 g/mol. The maximum Gasteiger partial charge on any atom is 0.217 e. The van der Waals surface area contributed by atoms with Crippen LogP contribution in [0.4, 0.5) is 0 Å². The summed E-state index contributed by atoms with van der Waals surface area (Å²) in [5, 5.41) is 3.47. The number of Topliss-reactive ketones (excluding diaryl/α,β-unsaturated/α-hetero) is 1. The SMILES string of the molecule is Cc1cnoc1C(=O)C(C)N. The van der Waals surface area contributed by atoms with Gasteiger partial charge in [0.25, 0.3) is 0 Å². The van der Waals surface area contributed by atoms with Crippen molar-refractivity contribution >= 4 is 5.78 Å². The van der Waals surface area contributed by atoms with Gasteiger partial charge in [-0.05, 0) is 13.8 Å². The number of hydrogen-bond donors (Lipinski definition) is 1. The highest BCUT2D eigenvalue weighted by Crippen LogP contribution is 2.07. The number of carbonyl (C=O) groups is 1. The van der Waals surface area contributed by atoms with Crippen LogP contribution in [0.5, 0.6) is 0 Å². The van der Waals surface area contributed by atoms with Gasteiger partial charge in [-0.2, -0.15) is 0 Å². The molecule has 0 fully saturated rings. The Bertz CT molecular complexity index is 265. The first-order chi connectivity index (χ1) is 5.13. The van der Waals surface area contributed by atoms with Crippen molar-refractivity contribution in [3.63, 3.8) is 0 Å². The van der Waals surface area contributed by atoms with E-state index in [9.17, 15) is 4.79 Å². The maximum atomic E-state index is 11.2. The standard InChI is InChI=1S/C7H10N2O2/c1-4-3-9-11-7(4)6(10)5(2)8/h3,5H,8H2,1-2H3. The Hall–Kier alpha value is -1.16. The number of hydrogen-bond acceptors (Lipinski definition) is 4. The van der Waals surface area contributed by atoms with Crippen molar-refractivity contribution in [2.75, 3.05) is 0 Å². The third-order valence-electron chi connectivity index (χ3n) is 1.39. The predicted molar refractivity (Wildman–Crippen MR) is 39.2 cm³/mol. The first-order valence-corrected chi connectivity index (χ1v) is 3.34. The van der Waals surface area contributed by atoms with E-state index in [0.29, 0.717) is 0 Å². The van der Waals surface area contributed by atoms with Gasteiger partial charge in [0.1, 0.15) is 0 Å². The smallest absolute Gasteiger partial charge is 0.217 e. The molecule has 1 aromatic heterocycles. The zero-order valence-corrected chi connectivity index (χ0v) is 6.50. The summed E-state index contributed by atoms with van der Waals surface area (Å²) >= 11 is 0. The molecule has 1 unspecified atom stereocenters. The molecule has 0 bridgehead atoms. The van der Waals surface area contributed by atoms with Crippen LogP contribution in [-0.2, 0) is 0 Å². The fraction of sp³-hybridized carbons (Fsp3) is 0.429. The molecule has 0 aromatic carbocycles. The molecule has 0 radical (unpaired) electrons. The fourth-order valence-corrected chi connectivity index (χ4v) is 0.735. The molecule has 4 nitrogen and oxygen atoms in total. The summed E-state index contributed by atoms with van der Waals surface area (Å²) in [6.07, 6.45) is 1.50. The molecule has 2 N–H and O–H groups in total. The minimum Gasteiger partial charge on any atom is -0.353 e. The van der Waals surface area contributed by atoms with Crippen LogP contribution in [0, 0.1) is 6.92 Å². The summed E-state index contributed by atoms with van der Waals surface area (Å²) in [6.45, 7) is 3.37. The second kappa shape index (κ2) is 2.84. The monoisotopic (exact) mass is 154 g/mol. The number of carbonyl (C=O) groups excluding carboxylic acids is 1. The second-order valence-corrected chi connectivity index (χ2v) is 2.49. The summed E-state index contributed by atoms with van der Waals surface area (Å²) in [5.74, 6) is 0.0556. The minimum absolute atomic E-state index is 0.208. The van der Waals surface area contributed by atoms with Gasteiger partial charge in [-0.1, -0.05) is 5.16 Å². The molecule has 0 aliphatic carbocycles. The van der Waals surface area contributed by atoms with Gasteiger partial charge in [0.2, 0.25) is 11.5 Å². The number of nitrogens with zero attached hydrogens (tertiary/aromatic N) is 1. The number of ketones is 1. The van der Waals surface area contributed by atoms with Crippen LogP contribution < -0.4 is 5.73 Å². The van der Waals surface area contributed by atoms with E-state index >= 15 is 0 Å². The molecule has 0 saturated carbocycles. The molecule has 1 rings (SSSR count). The van der Waals surface area contributed by atoms with Crippen molar-refractivity contribution in [1.29, 1.82) is 0 Å². The van der Waals surface area contributed by atoms with E-state index in [4.69, 9.17) is 10.3 Å². The summed E-state index contributed by atoms with van der Waals surface area (Å²) in [5.41, 5.74) is 6.09. The largest absolute Gasteiger partial charge is 0.353 e. The van der Waals surface area contributed by atoms with Crippen LogP contribution in [0.25, 0.3) is 0 Å². The van der Waals surface area contributed by atoms with Gasteiger partial charge in [0.15, 0.2) is 0 Å². The predicted octanol–water partition coefficient (Wildman–Crippen LogP) is 0.513. The molecule has 0 spiro atoms. The van der Waals surface area contributed by atoms with E-state index in [1.54, 1.807) is 13.8 Å². The van der Waals surface area contributed by atoms with Crippen LogP contribution in [0.3, 0.4) is 0 Å². The molecule has 1 heterocycles. The molecule has 0 amide bonds. The maximum absolute atomic E-state index is 11.2. The van der Waals surface area contributed by atoms with Gasteiger partial charge in [-0.15, -0.1) is 0 Å². The number of aryl methyl sites for hydroxylation is 1. The summed E-state index contributed by atoms with van der Waals surface area (Å²) in [7, 11) is 0. The molecule has 1 atom stereocenters. The summed E-state index contributed by atoms with van der Waals surface area (Å²) in [4.78, 5) is 11.2. The lowest BCUT2D eigenvalue weighted by Gasteiger charge is -1.98. The first kappa shape index (κ1) is 7.94. The number of rotatable bonds is 2. The van der Waals surface area contributed by atoms with Crippen molar-refractivity contribution in [2.24, 2.45) is 5.73 Å². The van der Waals surface area contributed by atoms with Crippen molar-refractivity contribution in [3.05, 3.63) is 17.5 Å². The Morgan fingerprint density at radius 2 is 2.45 bits per heavy atom. The third kappa shape index (κ3) is 1.46. The van der Waals surface area contributed by atoms with E-state index < -0.39 is 6.04 Å². The van der Waals surface area contributed by atoms with E-state index in [2.05, 4.69) is 5.16 Å². The molecular formula is C7H10N2O2. The first-order valence-electron chi connectivity index (χ1n) is 3.34. The van der Waals surface area contributed by atoms with E-state index in [0.717, 1.165) is 5.56 Å². The zero-order valence-electron chi connectivity index (χ0n) is 6.50. The molecule has 11 heavy (non-hydrogen) atoms. The molecule has 1 aromatic rings. The number of nitrogens with two attached hydrogens (primary N) is 1. The molecule has 4 heteroatoms. The number of aromatic nitrogens is 1. The van der Waals surface area contributed by atoms with Crippen molar-refractivity contribution < 1.29 is 9.32 Å². The van der Waals surface area contributed by atoms with E-state index in [-0.39, 0.29) is 11.5 Å². The molecule has 0 aliphatic heterocycles. The molecule has 0 aliphatic rings. The Balaban J connectivity index is 2.93. The highest BCUT2D eigenvalue weighted by molar-refractivity contribution is 5.98. The van der Waals surface area contributed by atoms with Crippen LogP contribution in [-0.4, -0.2) is 17.0 Å². The lowest BCUT2D eigenvalue weighted by atomic mass is 10.1. The minimum atomic E-state index is -0.526. The quantitative estimate of drug-likeness (QED) is 0.630. The molecule has 0 saturated heterocycles. The van der Waals surface area contributed by atoms with Gasteiger partial charge in [-0.3, -0.25) is 4.79 Å². The Kier molecular flexibility index (Phi) is 2.05. The van der Waals surface area contributed by atoms with Crippen LogP contribution >= 0.6 is 0 Å². The van der Waals surface area contributed by atoms with Crippen LogP contribution in [0.2, 0.25) is 0 Å².